The Hall–Kier alpha value is -0.650. The van der Waals surface area contributed by atoms with Crippen molar-refractivity contribution in [3.63, 3.8) is 0 Å². The van der Waals surface area contributed by atoms with E-state index in [-0.39, 0.29) is 29.9 Å². The minimum Gasteiger partial charge on any atom is -1.00 e. The molecule has 1 aromatic rings. The Morgan fingerprint density at radius 1 is 1.33 bits per heavy atom. The van der Waals surface area contributed by atoms with E-state index >= 15 is 0 Å². The number of amides is 1. The van der Waals surface area contributed by atoms with Crippen molar-refractivity contribution in [1.82, 2.24) is 4.90 Å². The summed E-state index contributed by atoms with van der Waals surface area (Å²) in [5.74, 6) is 0.168. The molecule has 1 aliphatic heterocycles. The van der Waals surface area contributed by atoms with Crippen LogP contribution in [0.3, 0.4) is 0 Å². The van der Waals surface area contributed by atoms with Crippen molar-refractivity contribution in [2.24, 2.45) is 7.05 Å². The fourth-order valence-corrected chi connectivity index (χ4v) is 2.69. The number of aromatic nitrogens is 1. The highest BCUT2D eigenvalue weighted by Gasteiger charge is 2.30. The predicted molar refractivity (Wildman–Crippen MR) is 66.6 cm³/mol. The largest absolute Gasteiger partial charge is 1.00 e. The molecule has 0 radical (unpaired) electrons. The second-order valence-corrected chi connectivity index (χ2v) is 5.10. The number of carbonyl (C=O) groups excluding carboxylic acids is 1. The smallest absolute Gasteiger partial charge is 0.260 e. The second-order valence-electron chi connectivity index (χ2n) is 5.10. The first kappa shape index (κ1) is 15.4. The Bertz CT molecular complexity index is 412. The van der Waals surface area contributed by atoms with E-state index in [1.165, 1.54) is 6.42 Å². The van der Waals surface area contributed by atoms with Crippen molar-refractivity contribution in [1.29, 1.82) is 0 Å². The highest BCUT2D eigenvalue weighted by atomic mass is 127. The fraction of sp³-hybridized carbons (Fsp3) is 0.571. The molecule has 0 aromatic carbocycles. The summed E-state index contributed by atoms with van der Waals surface area (Å²) in [5.41, 5.74) is 0.788. The average Bonchev–Trinajstić information content (AvgIpc) is 2.28. The molecule has 2 heterocycles. The van der Waals surface area contributed by atoms with Gasteiger partial charge in [-0.1, -0.05) is 0 Å². The first-order valence-corrected chi connectivity index (χ1v) is 6.37. The van der Waals surface area contributed by atoms with Gasteiger partial charge in [0.1, 0.15) is 12.6 Å². The first-order chi connectivity index (χ1) is 8.09. The summed E-state index contributed by atoms with van der Waals surface area (Å²) in [6, 6.07) is 4.54. The maximum absolute atomic E-state index is 12.5. The Labute approximate surface area is 126 Å². The summed E-state index contributed by atoms with van der Waals surface area (Å²) in [6.07, 6.45) is 7.31. The van der Waals surface area contributed by atoms with E-state index in [4.69, 9.17) is 0 Å². The van der Waals surface area contributed by atoms with Gasteiger partial charge in [-0.25, -0.2) is 4.57 Å². The Kier molecular flexibility index (Phi) is 5.56. The van der Waals surface area contributed by atoms with E-state index in [1.54, 1.807) is 0 Å². The van der Waals surface area contributed by atoms with Crippen molar-refractivity contribution >= 4 is 5.91 Å². The summed E-state index contributed by atoms with van der Waals surface area (Å²) in [6.45, 7) is 4.30. The average molecular weight is 360 g/mol. The summed E-state index contributed by atoms with van der Waals surface area (Å²) in [7, 11) is 1.94. The normalized spacial score (nSPS) is 23.4. The van der Waals surface area contributed by atoms with Gasteiger partial charge in [0.15, 0.2) is 12.4 Å². The van der Waals surface area contributed by atoms with Crippen LogP contribution >= 0.6 is 0 Å². The molecule has 1 fully saturated rings. The third kappa shape index (κ3) is 3.22. The maximum atomic E-state index is 12.5. The van der Waals surface area contributed by atoms with E-state index in [2.05, 4.69) is 13.8 Å². The van der Waals surface area contributed by atoms with E-state index in [0.717, 1.165) is 18.4 Å². The molecular formula is C14H21IN2O. The molecule has 100 valence electrons. The van der Waals surface area contributed by atoms with Crippen molar-refractivity contribution < 1.29 is 33.3 Å². The molecule has 0 aliphatic carbocycles. The van der Waals surface area contributed by atoms with Gasteiger partial charge >= 0.3 is 0 Å². The van der Waals surface area contributed by atoms with Crippen LogP contribution in [0.4, 0.5) is 0 Å². The molecule has 0 saturated carbocycles. The number of hydrogen-bond acceptors (Lipinski definition) is 1. The predicted octanol–water partition coefficient (Wildman–Crippen LogP) is -1.08. The highest BCUT2D eigenvalue weighted by molar-refractivity contribution is 5.94. The SMILES string of the molecule is C[C@@H]1CCC[C@H](C)N1C(=O)c1ccc[n+](C)c1.[I-]. The second kappa shape index (κ2) is 6.50. The molecule has 1 saturated heterocycles. The molecule has 0 unspecified atom stereocenters. The van der Waals surface area contributed by atoms with Gasteiger partial charge in [0, 0.05) is 18.2 Å². The van der Waals surface area contributed by atoms with E-state index < -0.39 is 0 Å². The summed E-state index contributed by atoms with van der Waals surface area (Å²) in [5, 5.41) is 0. The third-order valence-electron chi connectivity index (χ3n) is 3.61. The van der Waals surface area contributed by atoms with Gasteiger partial charge in [-0.2, -0.15) is 0 Å². The Balaban J connectivity index is 0.00000162. The van der Waals surface area contributed by atoms with Crippen molar-refractivity contribution in [3.05, 3.63) is 30.1 Å². The molecule has 1 aromatic heterocycles. The van der Waals surface area contributed by atoms with Crippen LogP contribution in [0.2, 0.25) is 0 Å². The summed E-state index contributed by atoms with van der Waals surface area (Å²) in [4.78, 5) is 14.5. The van der Waals surface area contributed by atoms with Crippen LogP contribution in [0.25, 0.3) is 0 Å². The van der Waals surface area contributed by atoms with E-state index in [0.29, 0.717) is 12.1 Å². The van der Waals surface area contributed by atoms with Gasteiger partial charge in [-0.15, -0.1) is 0 Å². The number of hydrogen-bond donors (Lipinski definition) is 0. The Morgan fingerprint density at radius 3 is 2.50 bits per heavy atom. The van der Waals surface area contributed by atoms with Crippen molar-refractivity contribution in [2.45, 2.75) is 45.2 Å². The van der Waals surface area contributed by atoms with E-state index in [9.17, 15) is 4.79 Å². The molecule has 2 rings (SSSR count). The molecule has 0 bridgehead atoms. The first-order valence-electron chi connectivity index (χ1n) is 6.37. The monoisotopic (exact) mass is 360 g/mol. The van der Waals surface area contributed by atoms with Gasteiger partial charge in [0.2, 0.25) is 0 Å². The fourth-order valence-electron chi connectivity index (χ4n) is 2.69. The quantitative estimate of drug-likeness (QED) is 0.462. The number of rotatable bonds is 1. The number of aryl methyl sites for hydroxylation is 1. The highest BCUT2D eigenvalue weighted by Crippen LogP contribution is 2.24. The lowest BCUT2D eigenvalue weighted by molar-refractivity contribution is -0.671. The van der Waals surface area contributed by atoms with Gasteiger partial charge in [0.05, 0.1) is 0 Å². The topological polar surface area (TPSA) is 24.2 Å². The number of nitrogens with zero attached hydrogens (tertiary/aromatic N) is 2. The number of halogens is 1. The number of likely N-dealkylation sites (tertiary alicyclic amines) is 1. The number of pyridine rings is 1. The molecule has 18 heavy (non-hydrogen) atoms. The van der Waals surface area contributed by atoms with Crippen LogP contribution in [0.15, 0.2) is 24.5 Å². The molecule has 2 atom stereocenters. The molecule has 3 nitrogen and oxygen atoms in total. The summed E-state index contributed by atoms with van der Waals surface area (Å²) >= 11 is 0. The van der Waals surface area contributed by atoms with Crippen LogP contribution in [0, 0.1) is 0 Å². The van der Waals surface area contributed by atoms with Crippen molar-refractivity contribution in [3.8, 4) is 0 Å². The minimum atomic E-state index is 0. The zero-order valence-corrected chi connectivity index (χ0v) is 13.4. The minimum absolute atomic E-state index is 0. The van der Waals surface area contributed by atoms with Gasteiger partial charge in [-0.05, 0) is 39.2 Å². The van der Waals surface area contributed by atoms with Gasteiger partial charge < -0.3 is 28.9 Å². The number of piperidine rings is 1. The molecule has 0 spiro atoms. The molecule has 1 amide bonds. The van der Waals surface area contributed by atoms with E-state index in [1.807, 2.05) is 41.0 Å². The summed E-state index contributed by atoms with van der Waals surface area (Å²) < 4.78 is 1.92. The molecule has 1 aliphatic rings. The Morgan fingerprint density at radius 2 is 1.94 bits per heavy atom. The lowest BCUT2D eigenvalue weighted by Crippen LogP contribution is -3.00. The van der Waals surface area contributed by atoms with Crippen LogP contribution in [0.5, 0.6) is 0 Å². The molecule has 4 heteroatoms. The van der Waals surface area contributed by atoms with Crippen molar-refractivity contribution in [2.75, 3.05) is 0 Å². The number of carbonyl (C=O) groups is 1. The molecule has 0 N–H and O–H groups in total. The maximum Gasteiger partial charge on any atom is 0.260 e. The lowest BCUT2D eigenvalue weighted by atomic mass is 9.96. The molecular weight excluding hydrogens is 339 g/mol. The third-order valence-corrected chi connectivity index (χ3v) is 3.61. The van der Waals surface area contributed by atoms with Gasteiger partial charge in [-0.3, -0.25) is 4.79 Å². The van der Waals surface area contributed by atoms with Gasteiger partial charge in [0.25, 0.3) is 5.91 Å². The standard InChI is InChI=1S/C14H21N2O.HI/c1-11-6-4-7-12(2)16(11)14(17)13-8-5-9-15(3)10-13;/h5,8-12H,4,6-7H2,1-3H3;1H/q+1;/p-1/t11-,12+;. The van der Waals surface area contributed by atoms with Crippen LogP contribution < -0.4 is 28.5 Å². The van der Waals surface area contributed by atoms with Crippen LogP contribution in [0.1, 0.15) is 43.5 Å². The zero-order chi connectivity index (χ0) is 12.4. The lowest BCUT2D eigenvalue weighted by Gasteiger charge is -2.38. The van der Waals surface area contributed by atoms with Crippen LogP contribution in [-0.4, -0.2) is 22.9 Å². The van der Waals surface area contributed by atoms with Crippen LogP contribution in [-0.2, 0) is 7.05 Å². The zero-order valence-electron chi connectivity index (χ0n) is 11.3.